The van der Waals surface area contributed by atoms with Crippen molar-refractivity contribution in [1.29, 1.82) is 0 Å². The largest absolute Gasteiger partial charge is 0.378 e. The van der Waals surface area contributed by atoms with Crippen molar-refractivity contribution in [2.24, 2.45) is 0 Å². The van der Waals surface area contributed by atoms with Gasteiger partial charge in [-0.3, -0.25) is 10.1 Å². The van der Waals surface area contributed by atoms with E-state index in [1.54, 1.807) is 19.1 Å². The third kappa shape index (κ3) is 3.14. The quantitative estimate of drug-likeness (QED) is 0.508. The van der Waals surface area contributed by atoms with Gasteiger partial charge in [-0.15, -0.1) is 11.3 Å². The lowest BCUT2D eigenvalue weighted by Crippen LogP contribution is -2.07. The molecule has 0 spiro atoms. The number of anilines is 1. The lowest BCUT2D eigenvalue weighted by molar-refractivity contribution is -0.385. The standard InChI is InChI=1S/C18H17N3O2S/c1-12-4-5-14(10-17(12)21(22)23)16-11-24-18(19-16)13-6-8-15(9-7-13)20(2)3/h4-11H,1-3H3. The second-order valence-corrected chi connectivity index (χ2v) is 6.60. The molecule has 3 rings (SSSR count). The minimum atomic E-state index is -0.355. The first-order chi connectivity index (χ1) is 11.5. The van der Waals surface area contributed by atoms with Crippen molar-refractivity contribution in [2.45, 2.75) is 6.92 Å². The van der Waals surface area contributed by atoms with Gasteiger partial charge in [0.25, 0.3) is 5.69 Å². The van der Waals surface area contributed by atoms with Crippen LogP contribution in [0.15, 0.2) is 47.8 Å². The summed E-state index contributed by atoms with van der Waals surface area (Å²) in [6, 6.07) is 13.4. The van der Waals surface area contributed by atoms with Gasteiger partial charge in [0.05, 0.1) is 10.6 Å². The highest BCUT2D eigenvalue weighted by Gasteiger charge is 2.14. The second kappa shape index (κ2) is 6.41. The van der Waals surface area contributed by atoms with E-state index >= 15 is 0 Å². The number of hydrogen-bond acceptors (Lipinski definition) is 5. The maximum absolute atomic E-state index is 11.1. The highest BCUT2D eigenvalue weighted by Crippen LogP contribution is 2.32. The van der Waals surface area contributed by atoms with E-state index in [9.17, 15) is 10.1 Å². The maximum atomic E-state index is 11.1. The van der Waals surface area contributed by atoms with E-state index in [1.165, 1.54) is 11.3 Å². The molecule has 0 unspecified atom stereocenters. The first-order valence-electron chi connectivity index (χ1n) is 7.44. The number of aromatic nitrogens is 1. The summed E-state index contributed by atoms with van der Waals surface area (Å²) in [6.07, 6.45) is 0. The summed E-state index contributed by atoms with van der Waals surface area (Å²) >= 11 is 1.54. The summed E-state index contributed by atoms with van der Waals surface area (Å²) in [6.45, 7) is 1.74. The number of thiazole rings is 1. The Hall–Kier alpha value is -2.73. The fraction of sp³-hybridized carbons (Fsp3) is 0.167. The second-order valence-electron chi connectivity index (χ2n) is 5.74. The van der Waals surface area contributed by atoms with Gasteiger partial charge in [0.15, 0.2) is 0 Å². The molecule has 0 amide bonds. The van der Waals surface area contributed by atoms with Gasteiger partial charge in [-0.1, -0.05) is 12.1 Å². The molecule has 0 aliphatic carbocycles. The van der Waals surface area contributed by atoms with E-state index in [1.807, 2.05) is 54.7 Å². The molecular weight excluding hydrogens is 322 g/mol. The molecule has 6 heteroatoms. The molecule has 122 valence electrons. The van der Waals surface area contributed by atoms with E-state index < -0.39 is 0 Å². The fourth-order valence-electron chi connectivity index (χ4n) is 2.41. The topological polar surface area (TPSA) is 59.3 Å². The van der Waals surface area contributed by atoms with Crippen LogP contribution in [0, 0.1) is 17.0 Å². The van der Waals surface area contributed by atoms with Crippen molar-refractivity contribution in [3.63, 3.8) is 0 Å². The Labute approximate surface area is 144 Å². The third-order valence-corrected chi connectivity index (χ3v) is 4.73. The number of rotatable bonds is 4. The number of hydrogen-bond donors (Lipinski definition) is 0. The fourth-order valence-corrected chi connectivity index (χ4v) is 3.24. The molecule has 1 aromatic heterocycles. The molecule has 0 aliphatic rings. The number of nitro groups is 1. The van der Waals surface area contributed by atoms with Crippen LogP contribution in [-0.4, -0.2) is 24.0 Å². The van der Waals surface area contributed by atoms with Crippen LogP contribution in [0.2, 0.25) is 0 Å². The molecule has 1 heterocycles. The van der Waals surface area contributed by atoms with E-state index in [4.69, 9.17) is 0 Å². The number of nitro benzene ring substituents is 1. The molecule has 0 saturated heterocycles. The lowest BCUT2D eigenvalue weighted by Gasteiger charge is -2.11. The average molecular weight is 339 g/mol. The first-order valence-corrected chi connectivity index (χ1v) is 8.32. The van der Waals surface area contributed by atoms with Crippen molar-refractivity contribution in [3.8, 4) is 21.8 Å². The van der Waals surface area contributed by atoms with E-state index in [0.29, 0.717) is 5.56 Å². The normalized spacial score (nSPS) is 10.6. The van der Waals surface area contributed by atoms with Crippen LogP contribution in [0.3, 0.4) is 0 Å². The minimum Gasteiger partial charge on any atom is -0.378 e. The van der Waals surface area contributed by atoms with Gasteiger partial charge in [0.1, 0.15) is 5.01 Å². The van der Waals surface area contributed by atoms with E-state index in [-0.39, 0.29) is 10.6 Å². The highest BCUT2D eigenvalue weighted by molar-refractivity contribution is 7.13. The van der Waals surface area contributed by atoms with Gasteiger partial charge in [-0.25, -0.2) is 4.98 Å². The number of nitrogens with zero attached hydrogens (tertiary/aromatic N) is 3. The van der Waals surface area contributed by atoms with Gasteiger partial charge in [-0.05, 0) is 31.2 Å². The molecule has 0 fully saturated rings. The van der Waals surface area contributed by atoms with E-state index in [2.05, 4.69) is 4.98 Å². The zero-order valence-electron chi connectivity index (χ0n) is 13.7. The Morgan fingerprint density at radius 3 is 2.38 bits per heavy atom. The molecular formula is C18H17N3O2S. The van der Waals surface area contributed by atoms with Crippen molar-refractivity contribution >= 4 is 22.7 Å². The molecule has 0 bridgehead atoms. The van der Waals surface area contributed by atoms with Gasteiger partial charge in [-0.2, -0.15) is 0 Å². The first kappa shape index (κ1) is 16.1. The van der Waals surface area contributed by atoms with Crippen LogP contribution in [0.5, 0.6) is 0 Å². The van der Waals surface area contributed by atoms with Gasteiger partial charge in [0.2, 0.25) is 0 Å². The van der Waals surface area contributed by atoms with Crippen LogP contribution in [0.1, 0.15) is 5.56 Å². The van der Waals surface area contributed by atoms with Crippen LogP contribution >= 0.6 is 11.3 Å². The molecule has 0 saturated carbocycles. The average Bonchev–Trinajstić information content (AvgIpc) is 3.05. The molecule has 2 aromatic carbocycles. The Kier molecular flexibility index (Phi) is 4.31. The molecule has 5 nitrogen and oxygen atoms in total. The summed E-state index contributed by atoms with van der Waals surface area (Å²) < 4.78 is 0. The van der Waals surface area contributed by atoms with Crippen LogP contribution in [0.25, 0.3) is 21.8 Å². The van der Waals surface area contributed by atoms with Crippen molar-refractivity contribution < 1.29 is 4.92 Å². The molecule has 0 atom stereocenters. The minimum absolute atomic E-state index is 0.123. The lowest BCUT2D eigenvalue weighted by atomic mass is 10.1. The molecule has 0 radical (unpaired) electrons. The summed E-state index contributed by atoms with van der Waals surface area (Å²) in [7, 11) is 4.00. The van der Waals surface area contributed by atoms with Crippen LogP contribution in [0.4, 0.5) is 11.4 Å². The zero-order valence-corrected chi connectivity index (χ0v) is 14.5. The summed E-state index contributed by atoms with van der Waals surface area (Å²) in [4.78, 5) is 17.4. The van der Waals surface area contributed by atoms with Crippen molar-refractivity contribution in [3.05, 3.63) is 63.5 Å². The molecule has 3 aromatic rings. The molecule has 24 heavy (non-hydrogen) atoms. The van der Waals surface area contributed by atoms with Crippen LogP contribution < -0.4 is 4.90 Å². The summed E-state index contributed by atoms with van der Waals surface area (Å²) in [5, 5.41) is 13.9. The number of aryl methyl sites for hydroxylation is 1. The predicted octanol–water partition coefficient (Wildman–Crippen LogP) is 4.76. The van der Waals surface area contributed by atoms with Gasteiger partial charge >= 0.3 is 0 Å². The van der Waals surface area contributed by atoms with E-state index in [0.717, 1.165) is 27.5 Å². The van der Waals surface area contributed by atoms with Gasteiger partial charge in [0, 0.05) is 47.9 Å². The third-order valence-electron chi connectivity index (χ3n) is 3.84. The Morgan fingerprint density at radius 1 is 1.08 bits per heavy atom. The Morgan fingerprint density at radius 2 is 1.75 bits per heavy atom. The Bertz CT molecular complexity index is 886. The highest BCUT2D eigenvalue weighted by atomic mass is 32.1. The smallest absolute Gasteiger partial charge is 0.272 e. The number of benzene rings is 2. The van der Waals surface area contributed by atoms with Crippen molar-refractivity contribution in [2.75, 3.05) is 19.0 Å². The Balaban J connectivity index is 1.93. The predicted molar refractivity (Wildman–Crippen MR) is 98.7 cm³/mol. The monoisotopic (exact) mass is 339 g/mol. The van der Waals surface area contributed by atoms with Crippen LogP contribution in [-0.2, 0) is 0 Å². The SMILES string of the molecule is Cc1ccc(-c2csc(-c3ccc(N(C)C)cc3)n2)cc1[N+](=O)[O-]. The van der Waals surface area contributed by atoms with Crippen molar-refractivity contribution in [1.82, 2.24) is 4.98 Å². The maximum Gasteiger partial charge on any atom is 0.272 e. The summed E-state index contributed by atoms with van der Waals surface area (Å²) in [5.74, 6) is 0. The molecule has 0 aliphatic heterocycles. The summed E-state index contributed by atoms with van der Waals surface area (Å²) in [5.41, 5.74) is 4.47. The zero-order chi connectivity index (χ0) is 17.3. The van der Waals surface area contributed by atoms with Gasteiger partial charge < -0.3 is 4.90 Å². The molecule has 0 N–H and O–H groups in total.